The topological polar surface area (TPSA) is 29.5 Å². The highest BCUT2D eigenvalue weighted by Gasteiger charge is 2.49. The molecule has 0 aromatic heterocycles. The average Bonchev–Trinajstić information content (AvgIpc) is 2.98. The van der Waals surface area contributed by atoms with Crippen molar-refractivity contribution in [2.24, 2.45) is 11.8 Å². The monoisotopic (exact) mass is 579 g/mol. The molecule has 3 aliphatic rings. The first-order valence-electron chi connectivity index (χ1n) is 15.2. The Balaban J connectivity index is 1.50. The van der Waals surface area contributed by atoms with E-state index in [4.69, 9.17) is 4.74 Å². The number of hydrogen-bond donors (Lipinski definition) is 0. The van der Waals surface area contributed by atoms with Crippen LogP contribution in [0, 0.1) is 11.8 Å². The Morgan fingerprint density at radius 2 is 1.82 bits per heavy atom. The summed E-state index contributed by atoms with van der Waals surface area (Å²) < 4.78 is 6.98. The molecule has 0 N–H and O–H groups in total. The first-order valence-corrected chi connectivity index (χ1v) is 16.0. The molecule has 1 saturated carbocycles. The Kier molecular flexibility index (Phi) is 8.87. The van der Waals surface area contributed by atoms with Crippen LogP contribution in [-0.2, 0) is 16.6 Å². The standard InChI is InChI=1S/C34H46BrNO2/c1-4-28(34(5-2)21-12-17-27-31(38-3)19-18-29(35)32(27)34)33(37)36-22-20-26(24-13-8-6-9-14-24)23-30(36)25-15-10-7-11-16-25/h6,8-9,13-14,18-19,25-26,28,30H,4-5,7,10-12,15-17,20-23H2,1-3H3/t26-,28+,30+,34+/m1/s1. The number of carbonyl (C=O) groups excluding carboxylic acids is 1. The maximum atomic E-state index is 14.8. The second kappa shape index (κ2) is 12.1. The molecule has 206 valence electrons. The number of hydrogen-bond acceptors (Lipinski definition) is 2. The first kappa shape index (κ1) is 27.7. The smallest absolute Gasteiger partial charge is 0.226 e. The van der Waals surface area contributed by atoms with Crippen molar-refractivity contribution in [2.75, 3.05) is 13.7 Å². The second-order valence-corrected chi connectivity index (χ2v) is 12.9. The summed E-state index contributed by atoms with van der Waals surface area (Å²) in [5.74, 6) is 2.58. The van der Waals surface area contributed by atoms with Gasteiger partial charge in [-0.3, -0.25) is 4.79 Å². The quantitative estimate of drug-likeness (QED) is 0.328. The highest BCUT2D eigenvalue weighted by molar-refractivity contribution is 9.10. The van der Waals surface area contributed by atoms with Gasteiger partial charge in [0.15, 0.2) is 0 Å². The third-order valence-corrected chi connectivity index (χ3v) is 11.0. The molecule has 0 spiro atoms. The fourth-order valence-corrected chi connectivity index (χ4v) is 9.26. The van der Waals surface area contributed by atoms with E-state index < -0.39 is 0 Å². The number of benzene rings is 2. The highest BCUT2D eigenvalue weighted by Crippen LogP contribution is 2.52. The summed E-state index contributed by atoms with van der Waals surface area (Å²) in [7, 11) is 1.78. The molecule has 1 heterocycles. The van der Waals surface area contributed by atoms with Crippen LogP contribution in [0.15, 0.2) is 46.9 Å². The molecule has 0 radical (unpaired) electrons. The Morgan fingerprint density at radius 1 is 1.05 bits per heavy atom. The molecule has 3 nitrogen and oxygen atoms in total. The number of carbonyl (C=O) groups is 1. The minimum atomic E-state index is -0.153. The van der Waals surface area contributed by atoms with Crippen molar-refractivity contribution in [2.45, 2.75) is 108 Å². The molecule has 2 fully saturated rings. The molecule has 38 heavy (non-hydrogen) atoms. The van der Waals surface area contributed by atoms with Crippen LogP contribution in [-0.4, -0.2) is 30.5 Å². The van der Waals surface area contributed by atoms with Crippen molar-refractivity contribution in [3.63, 3.8) is 0 Å². The normalized spacial score (nSPS) is 27.0. The summed E-state index contributed by atoms with van der Waals surface area (Å²) in [4.78, 5) is 17.2. The largest absolute Gasteiger partial charge is 0.496 e. The van der Waals surface area contributed by atoms with Gasteiger partial charge in [-0.15, -0.1) is 0 Å². The molecule has 1 saturated heterocycles. The van der Waals surface area contributed by atoms with Crippen molar-refractivity contribution < 1.29 is 9.53 Å². The van der Waals surface area contributed by atoms with Gasteiger partial charge in [0.05, 0.1) is 7.11 Å². The van der Waals surface area contributed by atoms with E-state index in [1.807, 2.05) is 0 Å². The van der Waals surface area contributed by atoms with Gasteiger partial charge >= 0.3 is 0 Å². The van der Waals surface area contributed by atoms with Crippen LogP contribution in [0.3, 0.4) is 0 Å². The summed E-state index contributed by atoms with van der Waals surface area (Å²) in [5, 5.41) is 0. The minimum Gasteiger partial charge on any atom is -0.496 e. The predicted octanol–water partition coefficient (Wildman–Crippen LogP) is 8.82. The summed E-state index contributed by atoms with van der Waals surface area (Å²) in [6, 6.07) is 15.6. The first-order chi connectivity index (χ1) is 18.5. The Bertz CT molecular complexity index is 1100. The fourth-order valence-electron chi connectivity index (χ4n) is 8.50. The third-order valence-electron chi connectivity index (χ3n) is 10.4. The van der Waals surface area contributed by atoms with E-state index in [1.54, 1.807) is 7.11 Å². The van der Waals surface area contributed by atoms with E-state index in [1.165, 1.54) is 48.8 Å². The van der Waals surface area contributed by atoms with Gasteiger partial charge < -0.3 is 9.64 Å². The van der Waals surface area contributed by atoms with Crippen molar-refractivity contribution >= 4 is 21.8 Å². The number of ether oxygens (including phenoxy) is 1. The molecule has 1 aliphatic heterocycles. The minimum absolute atomic E-state index is 0.00526. The number of nitrogens with zero attached hydrogens (tertiary/aromatic N) is 1. The summed E-state index contributed by atoms with van der Waals surface area (Å²) in [6.07, 6.45) is 13.8. The molecule has 2 aromatic rings. The van der Waals surface area contributed by atoms with Gasteiger partial charge in [0, 0.05) is 28.4 Å². The van der Waals surface area contributed by atoms with Crippen molar-refractivity contribution in [1.82, 2.24) is 4.90 Å². The zero-order chi connectivity index (χ0) is 26.7. The van der Waals surface area contributed by atoms with Crippen molar-refractivity contribution in [1.29, 1.82) is 0 Å². The Labute approximate surface area is 238 Å². The van der Waals surface area contributed by atoms with E-state index >= 15 is 0 Å². The molecule has 2 aromatic carbocycles. The van der Waals surface area contributed by atoms with Gasteiger partial charge in [0.2, 0.25) is 5.91 Å². The number of amides is 1. The van der Waals surface area contributed by atoms with E-state index in [0.29, 0.717) is 23.8 Å². The lowest BCUT2D eigenvalue weighted by Crippen LogP contribution is -2.55. The number of methoxy groups -OCH3 is 1. The molecular weight excluding hydrogens is 534 g/mol. The van der Waals surface area contributed by atoms with Gasteiger partial charge in [-0.05, 0) is 98.4 Å². The molecule has 1 amide bonds. The number of fused-ring (bicyclic) bond motifs is 1. The molecule has 0 unspecified atom stereocenters. The number of halogens is 1. The van der Waals surface area contributed by atoms with Crippen molar-refractivity contribution in [3.8, 4) is 5.75 Å². The molecule has 2 aliphatic carbocycles. The summed E-state index contributed by atoms with van der Waals surface area (Å²) in [6.45, 7) is 5.44. The molecule has 4 atom stereocenters. The number of piperidine rings is 1. The SMILES string of the molecule is CC[C@@H](C(=O)N1CC[C@@H](c2ccccc2)C[C@H]1C1CCCCC1)[C@]1(CC)CCCc2c(OC)ccc(Br)c21. The zero-order valence-corrected chi connectivity index (χ0v) is 25.3. The lowest BCUT2D eigenvalue weighted by atomic mass is 9.60. The second-order valence-electron chi connectivity index (χ2n) is 12.1. The van der Waals surface area contributed by atoms with Gasteiger partial charge in [-0.25, -0.2) is 0 Å². The average molecular weight is 581 g/mol. The van der Waals surface area contributed by atoms with Gasteiger partial charge in [0.25, 0.3) is 0 Å². The third kappa shape index (κ3) is 5.07. The predicted molar refractivity (Wildman–Crippen MR) is 160 cm³/mol. The molecule has 4 heteroatoms. The maximum absolute atomic E-state index is 14.8. The lowest BCUT2D eigenvalue weighted by molar-refractivity contribution is -0.144. The van der Waals surface area contributed by atoms with E-state index in [2.05, 4.69) is 77.1 Å². The number of rotatable bonds is 7. The molecule has 5 rings (SSSR count). The van der Waals surface area contributed by atoms with Gasteiger partial charge in [0.1, 0.15) is 5.75 Å². The number of likely N-dealkylation sites (tertiary alicyclic amines) is 1. The van der Waals surface area contributed by atoms with Gasteiger partial charge in [-0.2, -0.15) is 0 Å². The maximum Gasteiger partial charge on any atom is 0.226 e. The van der Waals surface area contributed by atoms with Crippen LogP contribution in [0.1, 0.15) is 107 Å². The molecular formula is C34H46BrNO2. The van der Waals surface area contributed by atoms with Crippen molar-refractivity contribution in [3.05, 3.63) is 63.6 Å². The lowest BCUT2D eigenvalue weighted by Gasteiger charge is -2.50. The van der Waals surface area contributed by atoms with Gasteiger partial charge in [-0.1, -0.05) is 79.4 Å². The van der Waals surface area contributed by atoms with E-state index in [-0.39, 0.29) is 11.3 Å². The van der Waals surface area contributed by atoms with Crippen LogP contribution in [0.5, 0.6) is 5.75 Å². The molecule has 0 bridgehead atoms. The Hall–Kier alpha value is -1.81. The van der Waals surface area contributed by atoms with Crippen LogP contribution in [0.25, 0.3) is 0 Å². The summed E-state index contributed by atoms with van der Waals surface area (Å²) >= 11 is 3.93. The van der Waals surface area contributed by atoms with Crippen LogP contribution in [0.4, 0.5) is 0 Å². The zero-order valence-electron chi connectivity index (χ0n) is 23.7. The van der Waals surface area contributed by atoms with Crippen LogP contribution in [0.2, 0.25) is 0 Å². The van der Waals surface area contributed by atoms with Crippen LogP contribution >= 0.6 is 15.9 Å². The van der Waals surface area contributed by atoms with E-state index in [9.17, 15) is 4.79 Å². The van der Waals surface area contributed by atoms with Crippen LogP contribution < -0.4 is 4.74 Å². The highest BCUT2D eigenvalue weighted by atomic mass is 79.9. The van der Waals surface area contributed by atoms with E-state index in [0.717, 1.165) is 61.7 Å². The fraction of sp³-hybridized carbons (Fsp3) is 0.618. The Morgan fingerprint density at radius 3 is 2.50 bits per heavy atom. The summed E-state index contributed by atoms with van der Waals surface area (Å²) in [5.41, 5.74) is 3.96.